The SMILES string of the molecule is CC(C)c1nc(N)sc1Cc1ccc(F)c(F)c1F. The summed E-state index contributed by atoms with van der Waals surface area (Å²) in [7, 11) is 0. The number of aromatic nitrogens is 1. The molecule has 0 spiro atoms. The maximum atomic E-state index is 13.6. The van der Waals surface area contributed by atoms with Crippen LogP contribution >= 0.6 is 11.3 Å². The van der Waals surface area contributed by atoms with Crippen molar-refractivity contribution in [2.45, 2.75) is 26.2 Å². The van der Waals surface area contributed by atoms with Crippen molar-refractivity contribution in [3.63, 3.8) is 0 Å². The molecule has 1 aromatic heterocycles. The predicted octanol–water partition coefficient (Wildman–Crippen LogP) is 3.86. The van der Waals surface area contributed by atoms with Gasteiger partial charge < -0.3 is 5.73 Å². The standard InChI is InChI=1S/C13H13F3N2S/c1-6(2)12-9(19-13(17)18-12)5-7-3-4-8(14)11(16)10(7)15/h3-4,6H,5H2,1-2H3,(H2,17,18). The molecule has 0 saturated carbocycles. The van der Waals surface area contributed by atoms with Crippen molar-refractivity contribution in [3.05, 3.63) is 45.7 Å². The molecule has 2 nitrogen and oxygen atoms in total. The topological polar surface area (TPSA) is 38.9 Å². The Kier molecular flexibility index (Phi) is 3.80. The van der Waals surface area contributed by atoms with E-state index in [-0.39, 0.29) is 17.9 Å². The summed E-state index contributed by atoms with van der Waals surface area (Å²) in [5, 5.41) is 0.390. The van der Waals surface area contributed by atoms with Crippen molar-refractivity contribution >= 4 is 16.5 Å². The summed E-state index contributed by atoms with van der Waals surface area (Å²) in [6.07, 6.45) is 0.158. The molecule has 0 amide bonds. The zero-order chi connectivity index (χ0) is 14.2. The van der Waals surface area contributed by atoms with E-state index in [1.165, 1.54) is 17.4 Å². The second-order valence-corrected chi connectivity index (χ2v) is 5.64. The van der Waals surface area contributed by atoms with Gasteiger partial charge in [0.2, 0.25) is 0 Å². The molecule has 0 radical (unpaired) electrons. The molecule has 19 heavy (non-hydrogen) atoms. The third-order valence-electron chi connectivity index (χ3n) is 2.76. The van der Waals surface area contributed by atoms with Gasteiger partial charge in [-0.2, -0.15) is 0 Å². The number of anilines is 1. The normalized spacial score (nSPS) is 11.3. The summed E-state index contributed by atoms with van der Waals surface area (Å²) in [5.74, 6) is -3.64. The Hall–Kier alpha value is -1.56. The fourth-order valence-corrected chi connectivity index (χ4v) is 2.85. The molecule has 0 saturated heterocycles. The van der Waals surface area contributed by atoms with Gasteiger partial charge in [0.25, 0.3) is 0 Å². The first-order chi connectivity index (χ1) is 8.90. The van der Waals surface area contributed by atoms with Crippen molar-refractivity contribution in [2.75, 3.05) is 5.73 Å². The maximum absolute atomic E-state index is 13.6. The zero-order valence-corrected chi connectivity index (χ0v) is 11.3. The Morgan fingerprint density at radius 3 is 2.53 bits per heavy atom. The Morgan fingerprint density at radius 1 is 1.21 bits per heavy atom. The lowest BCUT2D eigenvalue weighted by molar-refractivity contribution is 0.442. The molecule has 0 aliphatic carbocycles. The number of nitrogens with two attached hydrogens (primary N) is 1. The van der Waals surface area contributed by atoms with Gasteiger partial charge in [0, 0.05) is 11.3 Å². The Bertz CT molecular complexity index is 608. The number of hydrogen-bond acceptors (Lipinski definition) is 3. The van der Waals surface area contributed by atoms with Gasteiger partial charge in [-0.15, -0.1) is 11.3 Å². The van der Waals surface area contributed by atoms with Crippen LogP contribution in [-0.4, -0.2) is 4.98 Å². The fourth-order valence-electron chi connectivity index (χ4n) is 1.84. The summed E-state index contributed by atoms with van der Waals surface area (Å²) in [5.41, 5.74) is 6.51. The van der Waals surface area contributed by atoms with Gasteiger partial charge in [0.15, 0.2) is 22.6 Å². The van der Waals surface area contributed by atoms with Gasteiger partial charge in [0.05, 0.1) is 5.69 Å². The van der Waals surface area contributed by atoms with E-state index in [0.29, 0.717) is 5.13 Å². The van der Waals surface area contributed by atoms with Crippen molar-refractivity contribution in [1.29, 1.82) is 0 Å². The Morgan fingerprint density at radius 2 is 1.89 bits per heavy atom. The lowest BCUT2D eigenvalue weighted by atomic mass is 10.0. The summed E-state index contributed by atoms with van der Waals surface area (Å²) in [4.78, 5) is 4.96. The van der Waals surface area contributed by atoms with E-state index in [1.807, 2.05) is 13.8 Å². The predicted molar refractivity (Wildman–Crippen MR) is 69.7 cm³/mol. The highest BCUT2D eigenvalue weighted by Crippen LogP contribution is 2.29. The lowest BCUT2D eigenvalue weighted by Crippen LogP contribution is -2.00. The average molecular weight is 286 g/mol. The van der Waals surface area contributed by atoms with Crippen LogP contribution in [0, 0.1) is 17.5 Å². The van der Waals surface area contributed by atoms with Gasteiger partial charge in [0.1, 0.15) is 0 Å². The van der Waals surface area contributed by atoms with Gasteiger partial charge in [-0.1, -0.05) is 19.9 Å². The van der Waals surface area contributed by atoms with Crippen LogP contribution in [0.1, 0.15) is 35.9 Å². The van der Waals surface area contributed by atoms with E-state index in [9.17, 15) is 13.2 Å². The second-order valence-electron chi connectivity index (χ2n) is 4.53. The number of benzene rings is 1. The molecule has 0 aliphatic heterocycles. The minimum Gasteiger partial charge on any atom is -0.375 e. The molecule has 2 aromatic rings. The lowest BCUT2D eigenvalue weighted by Gasteiger charge is -2.07. The first-order valence-electron chi connectivity index (χ1n) is 5.77. The van der Waals surface area contributed by atoms with E-state index < -0.39 is 17.5 Å². The molecule has 1 heterocycles. The molecular weight excluding hydrogens is 273 g/mol. The largest absolute Gasteiger partial charge is 0.375 e. The highest BCUT2D eigenvalue weighted by atomic mass is 32.1. The van der Waals surface area contributed by atoms with E-state index in [4.69, 9.17) is 5.73 Å². The van der Waals surface area contributed by atoms with E-state index in [1.54, 1.807) is 0 Å². The highest BCUT2D eigenvalue weighted by molar-refractivity contribution is 7.15. The van der Waals surface area contributed by atoms with Crippen LogP contribution in [-0.2, 0) is 6.42 Å². The van der Waals surface area contributed by atoms with Crippen LogP contribution in [0.25, 0.3) is 0 Å². The van der Waals surface area contributed by atoms with E-state index in [2.05, 4.69) is 4.98 Å². The summed E-state index contributed by atoms with van der Waals surface area (Å²) < 4.78 is 39.7. The number of halogens is 3. The first kappa shape index (κ1) is 13.9. The third kappa shape index (κ3) is 2.73. The van der Waals surface area contributed by atoms with Crippen molar-refractivity contribution in [2.24, 2.45) is 0 Å². The van der Waals surface area contributed by atoms with Gasteiger partial charge in [-0.3, -0.25) is 0 Å². The van der Waals surface area contributed by atoms with Gasteiger partial charge in [-0.05, 0) is 17.5 Å². The Labute approximate surface area is 113 Å². The monoisotopic (exact) mass is 286 g/mol. The smallest absolute Gasteiger partial charge is 0.194 e. The average Bonchev–Trinajstić information content (AvgIpc) is 2.71. The fraction of sp³-hybridized carbons (Fsp3) is 0.308. The molecule has 2 rings (SSSR count). The number of thiazole rings is 1. The molecule has 0 atom stereocenters. The molecule has 2 N–H and O–H groups in total. The van der Waals surface area contributed by atoms with Crippen molar-refractivity contribution in [1.82, 2.24) is 4.98 Å². The number of hydrogen-bond donors (Lipinski definition) is 1. The molecule has 0 aliphatic rings. The van der Waals surface area contributed by atoms with Crippen LogP contribution in [0.4, 0.5) is 18.3 Å². The molecule has 0 bridgehead atoms. The van der Waals surface area contributed by atoms with Gasteiger partial charge in [-0.25, -0.2) is 18.2 Å². The Balaban J connectivity index is 2.39. The minimum atomic E-state index is -1.44. The van der Waals surface area contributed by atoms with Crippen LogP contribution in [0.3, 0.4) is 0 Å². The molecule has 6 heteroatoms. The highest BCUT2D eigenvalue weighted by Gasteiger charge is 2.18. The summed E-state index contributed by atoms with van der Waals surface area (Å²) >= 11 is 1.24. The maximum Gasteiger partial charge on any atom is 0.194 e. The van der Waals surface area contributed by atoms with Crippen molar-refractivity contribution in [3.8, 4) is 0 Å². The van der Waals surface area contributed by atoms with Crippen LogP contribution < -0.4 is 5.73 Å². The van der Waals surface area contributed by atoms with Crippen LogP contribution in [0.5, 0.6) is 0 Å². The molecule has 102 valence electrons. The first-order valence-corrected chi connectivity index (χ1v) is 6.59. The number of rotatable bonds is 3. The number of nitrogens with zero attached hydrogens (tertiary/aromatic N) is 1. The summed E-state index contributed by atoms with van der Waals surface area (Å²) in [6.45, 7) is 3.89. The van der Waals surface area contributed by atoms with E-state index >= 15 is 0 Å². The molecule has 0 fully saturated rings. The third-order valence-corrected chi connectivity index (χ3v) is 3.66. The quantitative estimate of drug-likeness (QED) is 0.870. The van der Waals surface area contributed by atoms with Crippen LogP contribution in [0.15, 0.2) is 12.1 Å². The van der Waals surface area contributed by atoms with Crippen LogP contribution in [0.2, 0.25) is 0 Å². The van der Waals surface area contributed by atoms with Crippen molar-refractivity contribution < 1.29 is 13.2 Å². The molecule has 0 unspecified atom stereocenters. The molecular formula is C13H13F3N2S. The zero-order valence-electron chi connectivity index (χ0n) is 10.5. The number of nitrogen functional groups attached to an aromatic ring is 1. The molecule has 1 aromatic carbocycles. The van der Waals surface area contributed by atoms with Gasteiger partial charge >= 0.3 is 0 Å². The van der Waals surface area contributed by atoms with E-state index in [0.717, 1.165) is 16.6 Å². The second kappa shape index (κ2) is 5.21. The minimum absolute atomic E-state index is 0.101. The summed E-state index contributed by atoms with van der Waals surface area (Å²) in [6, 6.07) is 2.17.